The van der Waals surface area contributed by atoms with Gasteiger partial charge in [-0.3, -0.25) is 0 Å². The Morgan fingerprint density at radius 3 is 2.52 bits per heavy atom. The molecule has 2 heterocycles. The van der Waals surface area contributed by atoms with Crippen molar-refractivity contribution in [3.8, 4) is 11.3 Å². The molecule has 0 amide bonds. The summed E-state index contributed by atoms with van der Waals surface area (Å²) in [5.74, 6) is 0. The van der Waals surface area contributed by atoms with Gasteiger partial charge < -0.3 is 0 Å². The molecule has 1 nitrogen and oxygen atoms in total. The first-order valence-corrected chi connectivity index (χ1v) is 10.7. The number of nitrogens with zero attached hydrogens (tertiary/aromatic N) is 1. The van der Waals surface area contributed by atoms with Crippen LogP contribution in [0.1, 0.15) is 70.5 Å². The predicted octanol–water partition coefficient (Wildman–Crippen LogP) is 6.77. The third-order valence-electron chi connectivity index (χ3n) is 6.91. The molecule has 0 saturated carbocycles. The van der Waals surface area contributed by atoms with Gasteiger partial charge in [0.05, 0.1) is 11.0 Å². The number of fused-ring (bicyclic) bond motifs is 5. The number of pyridine rings is 1. The molecule has 1 heteroatoms. The quantitative estimate of drug-likeness (QED) is 0.443. The number of aryl methyl sites for hydroxylation is 1. The zero-order valence-corrected chi connectivity index (χ0v) is 17.3. The number of rotatable bonds is 5. The van der Waals surface area contributed by atoms with Crippen LogP contribution in [0.3, 0.4) is 0 Å². The maximum absolute atomic E-state index is 2.55. The highest BCUT2D eigenvalue weighted by Gasteiger charge is 2.47. The van der Waals surface area contributed by atoms with Crippen molar-refractivity contribution in [3.05, 3.63) is 65.9 Å². The second kappa shape index (κ2) is 7.11. The van der Waals surface area contributed by atoms with E-state index in [1.807, 2.05) is 0 Å². The number of unbranched alkanes of at least 4 members (excludes halogenated alkanes) is 1. The van der Waals surface area contributed by atoms with Crippen LogP contribution in [0.4, 0.5) is 0 Å². The highest BCUT2D eigenvalue weighted by molar-refractivity contribution is 5.99. The molecule has 2 atom stereocenters. The highest BCUT2D eigenvalue weighted by Crippen LogP contribution is 2.48. The Hall–Kier alpha value is -2.15. The van der Waals surface area contributed by atoms with Gasteiger partial charge in [0.15, 0.2) is 12.2 Å². The highest BCUT2D eigenvalue weighted by atomic mass is 15.0. The van der Waals surface area contributed by atoms with Gasteiger partial charge in [0.1, 0.15) is 0 Å². The van der Waals surface area contributed by atoms with Crippen molar-refractivity contribution in [2.45, 2.75) is 71.3 Å². The van der Waals surface area contributed by atoms with Gasteiger partial charge in [-0.2, -0.15) is 4.57 Å². The summed E-state index contributed by atoms with van der Waals surface area (Å²) < 4.78 is 2.55. The van der Waals surface area contributed by atoms with Crippen molar-refractivity contribution in [1.29, 1.82) is 0 Å². The zero-order chi connectivity index (χ0) is 19.0. The smallest absolute Gasteiger partial charge is 0.195 e. The third-order valence-corrected chi connectivity index (χ3v) is 6.91. The summed E-state index contributed by atoms with van der Waals surface area (Å²) in [6.45, 7) is 9.42. The molecule has 0 N–H and O–H groups in total. The Morgan fingerprint density at radius 1 is 0.926 bits per heavy atom. The summed E-state index contributed by atoms with van der Waals surface area (Å²) in [6, 6.07) is 19.0. The molecule has 0 bridgehead atoms. The Balaban J connectivity index is 2.06. The van der Waals surface area contributed by atoms with E-state index in [0.29, 0.717) is 6.04 Å². The number of hydrogen-bond acceptors (Lipinski definition) is 0. The van der Waals surface area contributed by atoms with Crippen LogP contribution < -0.4 is 4.57 Å². The van der Waals surface area contributed by atoms with Crippen LogP contribution in [0.15, 0.2) is 54.7 Å². The molecule has 0 spiro atoms. The van der Waals surface area contributed by atoms with Gasteiger partial charge in [-0.05, 0) is 54.2 Å². The summed E-state index contributed by atoms with van der Waals surface area (Å²) in [5.41, 5.74) is 6.03. The SMILES string of the molecule is CCCCc1cccc2c3c(ccc12)C(C)(CC)C(CC)[n+]1ccccc1-3. The molecule has 0 aliphatic carbocycles. The van der Waals surface area contributed by atoms with E-state index >= 15 is 0 Å². The van der Waals surface area contributed by atoms with Crippen molar-refractivity contribution in [1.82, 2.24) is 0 Å². The van der Waals surface area contributed by atoms with Crippen LogP contribution in [-0.2, 0) is 11.8 Å². The third kappa shape index (κ3) is 2.71. The Kier molecular flexibility index (Phi) is 4.80. The van der Waals surface area contributed by atoms with E-state index in [-0.39, 0.29) is 5.41 Å². The van der Waals surface area contributed by atoms with Gasteiger partial charge in [0.25, 0.3) is 0 Å². The lowest BCUT2D eigenvalue weighted by molar-refractivity contribution is -0.724. The van der Waals surface area contributed by atoms with Crippen molar-refractivity contribution < 1.29 is 4.57 Å². The minimum Gasteiger partial charge on any atom is -0.195 e. The molecule has 1 aliphatic heterocycles. The maximum atomic E-state index is 2.55. The van der Waals surface area contributed by atoms with Crippen LogP contribution >= 0.6 is 0 Å². The van der Waals surface area contributed by atoms with Gasteiger partial charge in [0, 0.05) is 18.6 Å². The molecule has 0 fully saturated rings. The summed E-state index contributed by atoms with van der Waals surface area (Å²) in [7, 11) is 0. The first-order valence-electron chi connectivity index (χ1n) is 10.7. The Labute approximate surface area is 164 Å². The molecule has 27 heavy (non-hydrogen) atoms. The predicted molar refractivity (Wildman–Crippen MR) is 115 cm³/mol. The van der Waals surface area contributed by atoms with E-state index in [1.165, 1.54) is 52.4 Å². The minimum atomic E-state index is 0.163. The molecule has 2 unspecified atom stereocenters. The average molecular weight is 359 g/mol. The van der Waals surface area contributed by atoms with Gasteiger partial charge in [-0.15, -0.1) is 0 Å². The van der Waals surface area contributed by atoms with Gasteiger partial charge in [-0.1, -0.05) is 57.5 Å². The fourth-order valence-corrected chi connectivity index (χ4v) is 5.26. The van der Waals surface area contributed by atoms with Crippen molar-refractivity contribution in [2.75, 3.05) is 0 Å². The van der Waals surface area contributed by atoms with E-state index in [9.17, 15) is 0 Å². The van der Waals surface area contributed by atoms with E-state index < -0.39 is 0 Å². The second-order valence-corrected chi connectivity index (χ2v) is 8.29. The standard InChI is InChI=1S/C26H32N/c1-5-8-12-19-13-11-14-21-20(19)16-17-22-25(21)23-15-9-10-18-27(23)24(6-2)26(22,4)7-3/h9-11,13-18,24H,5-8,12H2,1-4H3/q+1. The van der Waals surface area contributed by atoms with Gasteiger partial charge in [-0.25, -0.2) is 0 Å². The first kappa shape index (κ1) is 18.2. The number of aromatic nitrogens is 1. The average Bonchev–Trinajstić information content (AvgIpc) is 2.72. The van der Waals surface area contributed by atoms with E-state index in [4.69, 9.17) is 0 Å². The molecule has 1 aliphatic rings. The largest absolute Gasteiger partial charge is 0.213 e. The lowest BCUT2D eigenvalue weighted by Crippen LogP contribution is -2.54. The monoisotopic (exact) mass is 358 g/mol. The fourth-order valence-electron chi connectivity index (χ4n) is 5.26. The lowest BCUT2D eigenvalue weighted by atomic mass is 9.67. The molecule has 3 aromatic rings. The molecular weight excluding hydrogens is 326 g/mol. The summed E-state index contributed by atoms with van der Waals surface area (Å²) in [6.07, 6.45) is 8.27. The van der Waals surface area contributed by atoms with Crippen LogP contribution in [0, 0.1) is 0 Å². The molecular formula is C26H32N+. The lowest BCUT2D eigenvalue weighted by Gasteiger charge is -2.39. The molecule has 0 saturated heterocycles. The van der Waals surface area contributed by atoms with Crippen LogP contribution in [0.2, 0.25) is 0 Å². The summed E-state index contributed by atoms with van der Waals surface area (Å²) >= 11 is 0. The fraction of sp³-hybridized carbons (Fsp3) is 0.423. The second-order valence-electron chi connectivity index (χ2n) is 8.29. The van der Waals surface area contributed by atoms with Crippen molar-refractivity contribution in [2.24, 2.45) is 0 Å². The molecule has 1 aromatic heterocycles. The van der Waals surface area contributed by atoms with E-state index in [0.717, 1.165) is 12.8 Å². The normalized spacial score (nSPS) is 21.1. The van der Waals surface area contributed by atoms with Crippen molar-refractivity contribution in [3.63, 3.8) is 0 Å². The van der Waals surface area contributed by atoms with Crippen LogP contribution in [-0.4, -0.2) is 0 Å². The van der Waals surface area contributed by atoms with E-state index in [1.54, 1.807) is 0 Å². The van der Waals surface area contributed by atoms with Gasteiger partial charge in [0.2, 0.25) is 5.69 Å². The first-order chi connectivity index (χ1) is 13.2. The van der Waals surface area contributed by atoms with Gasteiger partial charge >= 0.3 is 0 Å². The van der Waals surface area contributed by atoms with Crippen molar-refractivity contribution >= 4 is 10.8 Å². The Bertz CT molecular complexity index is 971. The van der Waals surface area contributed by atoms with E-state index in [2.05, 4.69) is 87.0 Å². The zero-order valence-electron chi connectivity index (χ0n) is 17.3. The molecule has 140 valence electrons. The minimum absolute atomic E-state index is 0.163. The topological polar surface area (TPSA) is 3.88 Å². The number of hydrogen-bond donors (Lipinski definition) is 0. The molecule has 4 rings (SSSR count). The molecule has 2 aromatic carbocycles. The van der Waals surface area contributed by atoms with Crippen LogP contribution in [0.25, 0.3) is 22.0 Å². The summed E-state index contributed by atoms with van der Waals surface area (Å²) in [4.78, 5) is 0. The summed E-state index contributed by atoms with van der Waals surface area (Å²) in [5, 5.41) is 2.86. The number of benzene rings is 2. The Morgan fingerprint density at radius 2 is 1.78 bits per heavy atom. The molecule has 0 radical (unpaired) electrons. The maximum Gasteiger partial charge on any atom is 0.213 e. The van der Waals surface area contributed by atoms with Crippen LogP contribution in [0.5, 0.6) is 0 Å².